The van der Waals surface area contributed by atoms with Gasteiger partial charge in [0.2, 0.25) is 0 Å². The van der Waals surface area contributed by atoms with E-state index in [2.05, 4.69) is 20.8 Å². The van der Waals surface area contributed by atoms with Crippen molar-refractivity contribution in [2.45, 2.75) is 64.9 Å². The molecule has 0 radical (unpaired) electrons. The molecule has 0 aromatic rings. The minimum absolute atomic E-state index is 0.346. The molecule has 3 fully saturated rings. The van der Waals surface area contributed by atoms with Crippen molar-refractivity contribution < 1.29 is 4.74 Å². The van der Waals surface area contributed by atoms with Gasteiger partial charge in [-0.25, -0.2) is 0 Å². The van der Waals surface area contributed by atoms with Gasteiger partial charge in [0.15, 0.2) is 0 Å². The lowest BCUT2D eigenvalue weighted by Crippen LogP contribution is -2.48. The van der Waals surface area contributed by atoms with Crippen LogP contribution >= 0.6 is 0 Å². The Morgan fingerprint density at radius 2 is 1.80 bits per heavy atom. The highest BCUT2D eigenvalue weighted by atomic mass is 16.6. The van der Waals surface area contributed by atoms with Crippen molar-refractivity contribution in [3.8, 4) is 0 Å². The summed E-state index contributed by atoms with van der Waals surface area (Å²) < 4.78 is 5.72. The van der Waals surface area contributed by atoms with Gasteiger partial charge in [-0.2, -0.15) is 0 Å². The summed E-state index contributed by atoms with van der Waals surface area (Å²) >= 11 is 0. The number of hydrogen-bond donors (Lipinski definition) is 0. The standard InChI is InChI=1S/C14H24O/c1-12(2)6-4-7-13(3)9-14(10-15-14)8-5-11(12)13/h11H,4-10H2,1-3H3. The fraction of sp³-hybridized carbons (Fsp3) is 1.00. The topological polar surface area (TPSA) is 12.5 Å². The molecule has 1 saturated heterocycles. The SMILES string of the molecule is CC1(C)CCCC2(C)CC3(CCC12)CO3. The van der Waals surface area contributed by atoms with Crippen molar-refractivity contribution in [1.29, 1.82) is 0 Å². The molecule has 0 amide bonds. The zero-order chi connectivity index (χ0) is 10.7. The first kappa shape index (κ1) is 10.1. The van der Waals surface area contributed by atoms with Crippen LogP contribution in [0.4, 0.5) is 0 Å². The summed E-state index contributed by atoms with van der Waals surface area (Å²) in [5.41, 5.74) is 1.50. The predicted molar refractivity (Wildman–Crippen MR) is 61.8 cm³/mol. The largest absolute Gasteiger partial charge is 0.370 e. The Kier molecular flexibility index (Phi) is 1.89. The highest BCUT2D eigenvalue weighted by molar-refractivity contribution is 5.08. The summed E-state index contributed by atoms with van der Waals surface area (Å²) in [5.74, 6) is 0.938. The van der Waals surface area contributed by atoms with Crippen molar-refractivity contribution in [2.75, 3.05) is 6.61 Å². The van der Waals surface area contributed by atoms with Crippen LogP contribution in [0.3, 0.4) is 0 Å². The molecule has 1 spiro atoms. The molecule has 1 nitrogen and oxygen atoms in total. The second-order valence-corrected chi connectivity index (χ2v) is 7.24. The molecule has 86 valence electrons. The minimum Gasteiger partial charge on any atom is -0.370 e. The van der Waals surface area contributed by atoms with Gasteiger partial charge in [0, 0.05) is 0 Å². The van der Waals surface area contributed by atoms with E-state index in [0.29, 0.717) is 16.4 Å². The number of epoxide rings is 1. The molecule has 1 heteroatoms. The zero-order valence-electron chi connectivity index (χ0n) is 10.4. The molecule has 1 heterocycles. The van der Waals surface area contributed by atoms with E-state index < -0.39 is 0 Å². The lowest BCUT2D eigenvalue weighted by molar-refractivity contribution is -0.0566. The average molecular weight is 208 g/mol. The molecule has 3 atom stereocenters. The summed E-state index contributed by atoms with van der Waals surface area (Å²) in [5, 5.41) is 0. The number of ether oxygens (including phenoxy) is 1. The molecular weight excluding hydrogens is 184 g/mol. The second kappa shape index (κ2) is 2.80. The summed E-state index contributed by atoms with van der Waals surface area (Å²) in [6.07, 6.45) is 8.37. The maximum atomic E-state index is 5.72. The number of hydrogen-bond acceptors (Lipinski definition) is 1. The van der Waals surface area contributed by atoms with Gasteiger partial charge in [0.1, 0.15) is 0 Å². The second-order valence-electron chi connectivity index (χ2n) is 7.24. The predicted octanol–water partition coefficient (Wildman–Crippen LogP) is 3.77. The normalized spacial score (nSPS) is 52.6. The first-order chi connectivity index (χ1) is 6.96. The highest BCUT2D eigenvalue weighted by Gasteiger charge is 2.58. The van der Waals surface area contributed by atoms with Crippen molar-refractivity contribution in [3.05, 3.63) is 0 Å². The Bertz CT molecular complexity index is 277. The average Bonchev–Trinajstić information content (AvgIpc) is 2.81. The van der Waals surface area contributed by atoms with E-state index in [4.69, 9.17) is 4.74 Å². The minimum atomic E-state index is 0.346. The molecule has 15 heavy (non-hydrogen) atoms. The van der Waals surface area contributed by atoms with Crippen molar-refractivity contribution >= 4 is 0 Å². The van der Waals surface area contributed by atoms with Crippen molar-refractivity contribution in [3.63, 3.8) is 0 Å². The Morgan fingerprint density at radius 1 is 1.07 bits per heavy atom. The Labute approximate surface area is 93.6 Å². The molecule has 0 aromatic carbocycles. The molecule has 3 aliphatic rings. The van der Waals surface area contributed by atoms with Crippen LogP contribution < -0.4 is 0 Å². The third-order valence-corrected chi connectivity index (χ3v) is 5.52. The van der Waals surface area contributed by atoms with Crippen LogP contribution in [0.5, 0.6) is 0 Å². The fourth-order valence-electron chi connectivity index (χ4n) is 4.77. The van der Waals surface area contributed by atoms with E-state index >= 15 is 0 Å². The molecular formula is C14H24O. The van der Waals surface area contributed by atoms with Gasteiger partial charge in [-0.15, -0.1) is 0 Å². The highest BCUT2D eigenvalue weighted by Crippen LogP contribution is 2.62. The fourth-order valence-corrected chi connectivity index (χ4v) is 4.77. The van der Waals surface area contributed by atoms with Gasteiger partial charge in [0.25, 0.3) is 0 Å². The van der Waals surface area contributed by atoms with E-state index in [1.165, 1.54) is 38.5 Å². The Balaban J connectivity index is 1.87. The van der Waals surface area contributed by atoms with E-state index in [-0.39, 0.29) is 0 Å². The quantitative estimate of drug-likeness (QED) is 0.552. The first-order valence-corrected chi connectivity index (χ1v) is 6.60. The van der Waals surface area contributed by atoms with Crippen LogP contribution in [-0.4, -0.2) is 12.2 Å². The molecule has 1 aliphatic heterocycles. The van der Waals surface area contributed by atoms with E-state index in [1.54, 1.807) is 0 Å². The maximum Gasteiger partial charge on any atom is 0.0922 e. The van der Waals surface area contributed by atoms with Crippen LogP contribution in [0.25, 0.3) is 0 Å². The van der Waals surface area contributed by atoms with Crippen LogP contribution in [0, 0.1) is 16.7 Å². The number of rotatable bonds is 0. The molecule has 0 aromatic heterocycles. The maximum absolute atomic E-state index is 5.72. The smallest absolute Gasteiger partial charge is 0.0922 e. The summed E-state index contributed by atoms with van der Waals surface area (Å²) in [7, 11) is 0. The third kappa shape index (κ3) is 1.46. The molecule has 3 unspecified atom stereocenters. The van der Waals surface area contributed by atoms with E-state index in [9.17, 15) is 0 Å². The number of fused-ring (bicyclic) bond motifs is 1. The van der Waals surface area contributed by atoms with Gasteiger partial charge >= 0.3 is 0 Å². The van der Waals surface area contributed by atoms with Crippen LogP contribution in [-0.2, 0) is 4.74 Å². The molecule has 0 N–H and O–H groups in total. The molecule has 0 bridgehead atoms. The monoisotopic (exact) mass is 208 g/mol. The van der Waals surface area contributed by atoms with Gasteiger partial charge in [-0.3, -0.25) is 0 Å². The van der Waals surface area contributed by atoms with Gasteiger partial charge < -0.3 is 4.74 Å². The van der Waals surface area contributed by atoms with E-state index in [0.717, 1.165) is 12.5 Å². The summed E-state index contributed by atoms with van der Waals surface area (Å²) in [6, 6.07) is 0. The summed E-state index contributed by atoms with van der Waals surface area (Å²) in [6.45, 7) is 8.55. The van der Waals surface area contributed by atoms with Crippen LogP contribution in [0.15, 0.2) is 0 Å². The Morgan fingerprint density at radius 3 is 2.47 bits per heavy atom. The van der Waals surface area contributed by atoms with Gasteiger partial charge in [-0.05, 0) is 48.9 Å². The lowest BCUT2D eigenvalue weighted by atomic mass is 9.50. The van der Waals surface area contributed by atoms with E-state index in [1.807, 2.05) is 0 Å². The van der Waals surface area contributed by atoms with Gasteiger partial charge in [-0.1, -0.05) is 27.2 Å². The Hall–Kier alpha value is -0.0400. The third-order valence-electron chi connectivity index (χ3n) is 5.52. The van der Waals surface area contributed by atoms with Crippen molar-refractivity contribution in [1.82, 2.24) is 0 Å². The van der Waals surface area contributed by atoms with Crippen LogP contribution in [0.1, 0.15) is 59.3 Å². The lowest BCUT2D eigenvalue weighted by Gasteiger charge is -2.55. The summed E-state index contributed by atoms with van der Waals surface area (Å²) in [4.78, 5) is 0. The van der Waals surface area contributed by atoms with Crippen molar-refractivity contribution in [2.24, 2.45) is 16.7 Å². The van der Waals surface area contributed by atoms with Crippen LogP contribution in [0.2, 0.25) is 0 Å². The first-order valence-electron chi connectivity index (χ1n) is 6.60. The molecule has 2 saturated carbocycles. The molecule has 3 rings (SSSR count). The zero-order valence-corrected chi connectivity index (χ0v) is 10.4. The molecule has 2 aliphatic carbocycles. The van der Waals surface area contributed by atoms with Gasteiger partial charge in [0.05, 0.1) is 12.2 Å².